The topological polar surface area (TPSA) is 17.1 Å². The minimum Gasteiger partial charge on any atom is -0.296 e. The second-order valence-corrected chi connectivity index (χ2v) is 16.8. The van der Waals surface area contributed by atoms with Gasteiger partial charge in [-0.25, -0.2) is 0 Å². The molecule has 0 amide bonds. The highest BCUT2D eigenvalue weighted by Crippen LogP contribution is 2.62. The number of carbonyl (C=O) groups excluding carboxylic acids is 1. The summed E-state index contributed by atoms with van der Waals surface area (Å²) in [7, 11) is 0. The van der Waals surface area contributed by atoms with Crippen molar-refractivity contribution in [2.24, 2.45) is 0 Å². The molecule has 1 fully saturated rings. The minimum absolute atomic E-state index is 0.0649. The third-order valence-corrected chi connectivity index (χ3v) is 15.0. The number of hydrogen-bond donors (Lipinski definition) is 0. The highest BCUT2D eigenvalue weighted by atomic mass is 79.9. The van der Waals surface area contributed by atoms with Crippen LogP contribution >= 0.6 is 112 Å². The van der Waals surface area contributed by atoms with E-state index in [-0.39, 0.29) is 10.6 Å². The van der Waals surface area contributed by atoms with Crippen LogP contribution in [0.15, 0.2) is 0 Å². The fraction of sp³-hybridized carbons (Fsp3) is 0.917. The van der Waals surface area contributed by atoms with Crippen LogP contribution in [-0.2, 0) is 4.79 Å². The number of alkyl halides is 7. The maximum atomic E-state index is 12.7. The van der Waals surface area contributed by atoms with E-state index in [4.69, 9.17) is 0 Å². The van der Waals surface area contributed by atoms with Gasteiger partial charge >= 0.3 is 0 Å². The molecule has 1 aliphatic rings. The number of carbonyl (C=O) groups is 1. The van der Waals surface area contributed by atoms with Crippen molar-refractivity contribution in [1.29, 1.82) is 0 Å². The molecule has 0 aromatic rings. The Labute approximate surface area is 179 Å². The molecule has 0 N–H and O–H groups in total. The van der Waals surface area contributed by atoms with Gasteiger partial charge in [0.05, 0.1) is 4.83 Å². The van der Waals surface area contributed by atoms with E-state index in [1.165, 1.54) is 19.3 Å². The van der Waals surface area contributed by atoms with E-state index < -0.39 is 9.70 Å². The fourth-order valence-electron chi connectivity index (χ4n) is 2.07. The van der Waals surface area contributed by atoms with E-state index >= 15 is 0 Å². The Morgan fingerprint density at radius 2 is 1.35 bits per heavy atom. The summed E-state index contributed by atoms with van der Waals surface area (Å²) < 4.78 is -2.11. The van der Waals surface area contributed by atoms with Crippen molar-refractivity contribution < 1.29 is 4.79 Å². The monoisotopic (exact) mass is 728 g/mol. The number of halogens is 7. The number of hydrogen-bond acceptors (Lipinski definition) is 1. The molecule has 1 atom stereocenters. The highest BCUT2D eigenvalue weighted by Gasteiger charge is 2.61. The molecule has 0 aromatic heterocycles. The molecule has 0 aromatic carbocycles. The number of rotatable bonds is 0. The second kappa shape index (κ2) is 8.41. The van der Waals surface area contributed by atoms with E-state index in [1.807, 2.05) is 0 Å². The van der Waals surface area contributed by atoms with Crippen LogP contribution in [0.1, 0.15) is 44.9 Å². The van der Waals surface area contributed by atoms with Gasteiger partial charge in [-0.2, -0.15) is 0 Å². The SMILES string of the molecule is O=C1C(Br)CCCCCCCC(Br)(Br)C(Br)(Br)C1(Br)Br. The summed E-state index contributed by atoms with van der Waals surface area (Å²) in [6.07, 6.45) is 7.51. The maximum absolute atomic E-state index is 12.7. The number of ketones is 1. The zero-order valence-electron chi connectivity index (χ0n) is 10.6. The van der Waals surface area contributed by atoms with E-state index in [9.17, 15) is 4.79 Å². The highest BCUT2D eigenvalue weighted by molar-refractivity contribution is 9.33. The molecule has 20 heavy (non-hydrogen) atoms. The summed E-state index contributed by atoms with van der Waals surface area (Å²) in [5.74, 6) is 0.0649. The Bertz CT molecular complexity index is 354. The van der Waals surface area contributed by atoms with Crippen molar-refractivity contribution >= 4 is 117 Å². The lowest BCUT2D eigenvalue weighted by Crippen LogP contribution is -2.54. The zero-order valence-corrected chi connectivity index (χ0v) is 21.7. The van der Waals surface area contributed by atoms with Gasteiger partial charge in [0.15, 0.2) is 9.02 Å². The first kappa shape index (κ1) is 21.1. The molecule has 0 heterocycles. The van der Waals surface area contributed by atoms with Crippen molar-refractivity contribution in [3.8, 4) is 0 Å². The third kappa shape index (κ3) is 4.78. The molecule has 0 saturated heterocycles. The average molecular weight is 735 g/mol. The van der Waals surface area contributed by atoms with Crippen LogP contribution in [0, 0.1) is 0 Å². The summed E-state index contributed by atoms with van der Waals surface area (Å²) in [6.45, 7) is 0. The van der Waals surface area contributed by atoms with Crippen molar-refractivity contribution in [2.75, 3.05) is 0 Å². The lowest BCUT2D eigenvalue weighted by molar-refractivity contribution is -0.118. The summed E-state index contributed by atoms with van der Waals surface area (Å²) in [6, 6.07) is 0. The Morgan fingerprint density at radius 1 is 0.850 bits per heavy atom. The van der Waals surface area contributed by atoms with Gasteiger partial charge in [-0.1, -0.05) is 144 Å². The third-order valence-electron chi connectivity index (χ3n) is 3.40. The summed E-state index contributed by atoms with van der Waals surface area (Å²) in [5.41, 5.74) is 0. The fourth-order valence-corrected chi connectivity index (χ4v) is 7.59. The molecule has 0 aliphatic heterocycles. The molecular weight excluding hydrogens is 719 g/mol. The predicted molar refractivity (Wildman–Crippen MR) is 112 cm³/mol. The van der Waals surface area contributed by atoms with Gasteiger partial charge in [0, 0.05) is 0 Å². The van der Waals surface area contributed by atoms with Crippen LogP contribution in [0.2, 0.25) is 0 Å². The first-order valence-corrected chi connectivity index (χ1v) is 12.0. The van der Waals surface area contributed by atoms with Crippen LogP contribution in [0.4, 0.5) is 0 Å². The summed E-state index contributed by atoms with van der Waals surface area (Å²) >= 11 is 25.5. The maximum Gasteiger partial charge on any atom is 0.176 e. The van der Waals surface area contributed by atoms with E-state index in [0.717, 1.165) is 25.7 Å². The van der Waals surface area contributed by atoms with Gasteiger partial charge in [0.25, 0.3) is 0 Å². The van der Waals surface area contributed by atoms with Crippen molar-refractivity contribution in [3.63, 3.8) is 0 Å². The van der Waals surface area contributed by atoms with E-state index in [2.05, 4.69) is 112 Å². The van der Waals surface area contributed by atoms with Crippen molar-refractivity contribution in [1.82, 2.24) is 0 Å². The summed E-state index contributed by atoms with van der Waals surface area (Å²) in [5, 5.41) is 0. The van der Waals surface area contributed by atoms with Gasteiger partial charge in [0.2, 0.25) is 0 Å². The smallest absolute Gasteiger partial charge is 0.176 e. The van der Waals surface area contributed by atoms with Gasteiger partial charge < -0.3 is 0 Å². The molecule has 0 radical (unpaired) electrons. The largest absolute Gasteiger partial charge is 0.296 e. The molecule has 1 aliphatic carbocycles. The first-order chi connectivity index (χ1) is 9.04. The first-order valence-electron chi connectivity index (χ1n) is 6.36. The Balaban J connectivity index is 3.10. The molecule has 0 bridgehead atoms. The van der Waals surface area contributed by atoms with Crippen LogP contribution in [0.5, 0.6) is 0 Å². The zero-order chi connectivity index (χ0) is 15.6. The average Bonchev–Trinajstić information content (AvgIpc) is 2.34. The molecular formula is C12H15Br7O. The molecule has 1 unspecified atom stereocenters. The van der Waals surface area contributed by atoms with Gasteiger partial charge in [-0.05, 0) is 12.8 Å². The Kier molecular flexibility index (Phi) is 8.86. The van der Waals surface area contributed by atoms with Gasteiger partial charge in [0.1, 0.15) is 6.47 Å². The lowest BCUT2D eigenvalue weighted by atomic mass is 10.00. The Hall–Kier alpha value is 3.03. The molecule has 118 valence electrons. The summed E-state index contributed by atoms with van der Waals surface area (Å²) in [4.78, 5) is 12.6. The quantitative estimate of drug-likeness (QED) is 0.236. The van der Waals surface area contributed by atoms with Crippen LogP contribution in [0.25, 0.3) is 0 Å². The second-order valence-electron chi connectivity index (χ2n) is 4.99. The van der Waals surface area contributed by atoms with Crippen LogP contribution < -0.4 is 0 Å². The normalized spacial score (nSPS) is 31.1. The number of Topliss-reactive ketones (excluding diaryl/α,β-unsaturated/α-hetero) is 1. The standard InChI is InChI=1S/C12H15Br7O/c13-8-6-4-2-1-3-5-7-10(14,15)12(18,19)11(16,17)9(8)20/h8H,1-7H2. The van der Waals surface area contributed by atoms with Crippen LogP contribution in [0.3, 0.4) is 0 Å². The van der Waals surface area contributed by atoms with E-state index in [1.54, 1.807) is 0 Å². The Morgan fingerprint density at radius 3 is 1.95 bits per heavy atom. The van der Waals surface area contributed by atoms with Crippen molar-refractivity contribution in [3.05, 3.63) is 0 Å². The minimum atomic E-state index is -0.937. The van der Waals surface area contributed by atoms with E-state index in [0.29, 0.717) is 0 Å². The lowest BCUT2D eigenvalue weighted by Gasteiger charge is -2.43. The van der Waals surface area contributed by atoms with Gasteiger partial charge in [-0.15, -0.1) is 0 Å². The molecule has 1 saturated carbocycles. The molecule has 1 nitrogen and oxygen atoms in total. The molecule has 0 spiro atoms. The van der Waals surface area contributed by atoms with Crippen molar-refractivity contribution in [2.45, 2.75) is 59.5 Å². The van der Waals surface area contributed by atoms with Gasteiger partial charge in [-0.3, -0.25) is 4.79 Å². The van der Waals surface area contributed by atoms with Crippen LogP contribution in [-0.4, -0.2) is 20.3 Å². The predicted octanol–water partition coefficient (Wildman–Crippen LogP) is 7.52. The molecule has 8 heteroatoms. The molecule has 1 rings (SSSR count).